The van der Waals surface area contributed by atoms with Gasteiger partial charge in [-0.1, -0.05) is 18.2 Å². The molecular weight excluding hydrogens is 256 g/mol. The normalized spacial score (nSPS) is 20.8. The van der Waals surface area contributed by atoms with Crippen LogP contribution in [0.5, 0.6) is 0 Å². The molecule has 1 aromatic rings. The summed E-state index contributed by atoms with van der Waals surface area (Å²) in [5, 5.41) is 8.63. The first-order chi connectivity index (χ1) is 8.57. The fourth-order valence-electron chi connectivity index (χ4n) is 2.09. The van der Waals surface area contributed by atoms with Gasteiger partial charge in [0.25, 0.3) is 5.91 Å². The molecule has 1 heterocycles. The molecule has 0 bridgehead atoms. The van der Waals surface area contributed by atoms with Gasteiger partial charge in [-0.05, 0) is 25.0 Å². The molecule has 2 N–H and O–H groups in total. The van der Waals surface area contributed by atoms with Gasteiger partial charge in [0.15, 0.2) is 0 Å². The summed E-state index contributed by atoms with van der Waals surface area (Å²) < 4.78 is 25.8. The fourth-order valence-corrected chi connectivity index (χ4v) is 3.77. The van der Waals surface area contributed by atoms with Gasteiger partial charge in [0, 0.05) is 6.54 Å². The first kappa shape index (κ1) is 13.0. The Morgan fingerprint density at radius 2 is 2.00 bits per heavy atom. The minimum absolute atomic E-state index is 0.155. The van der Waals surface area contributed by atoms with Crippen molar-refractivity contribution in [1.82, 2.24) is 9.79 Å². The van der Waals surface area contributed by atoms with Crippen LogP contribution in [0.2, 0.25) is 0 Å². The molecule has 0 radical (unpaired) electrons. The maximum atomic E-state index is 12.3. The van der Waals surface area contributed by atoms with Crippen LogP contribution in [0.15, 0.2) is 35.2 Å². The van der Waals surface area contributed by atoms with Gasteiger partial charge in [-0.15, -0.1) is 0 Å². The number of nitrogens with zero attached hydrogens (tertiary/aromatic N) is 1. The minimum Gasteiger partial charge on any atom is -0.289 e. The van der Waals surface area contributed by atoms with Crippen LogP contribution >= 0.6 is 0 Å². The van der Waals surface area contributed by atoms with Crippen LogP contribution < -0.4 is 5.48 Å². The van der Waals surface area contributed by atoms with E-state index in [-0.39, 0.29) is 11.4 Å². The molecule has 0 saturated carbocycles. The smallest absolute Gasteiger partial charge is 0.261 e. The number of hydrogen-bond donors (Lipinski definition) is 2. The number of sulfonamides is 1. The van der Waals surface area contributed by atoms with E-state index in [2.05, 4.69) is 0 Å². The number of carbonyl (C=O) groups excluding carboxylic acids is 1. The third-order valence-electron chi connectivity index (χ3n) is 2.97. The van der Waals surface area contributed by atoms with Crippen LogP contribution in [0.25, 0.3) is 0 Å². The lowest BCUT2D eigenvalue weighted by molar-refractivity contribution is -0.132. The van der Waals surface area contributed by atoms with Gasteiger partial charge in [0.1, 0.15) is 6.04 Å². The molecule has 98 valence electrons. The summed E-state index contributed by atoms with van der Waals surface area (Å²) in [4.78, 5) is 11.6. The Bertz CT molecular complexity index is 529. The van der Waals surface area contributed by atoms with Crippen molar-refractivity contribution in [2.75, 3.05) is 6.54 Å². The summed E-state index contributed by atoms with van der Waals surface area (Å²) in [6.07, 6.45) is 1.02. The van der Waals surface area contributed by atoms with Crippen molar-refractivity contribution in [3.8, 4) is 0 Å². The van der Waals surface area contributed by atoms with Gasteiger partial charge in [0.05, 0.1) is 4.90 Å². The number of carbonyl (C=O) groups is 1. The monoisotopic (exact) mass is 270 g/mol. The summed E-state index contributed by atoms with van der Waals surface area (Å²) in [7, 11) is -3.68. The van der Waals surface area contributed by atoms with Crippen LogP contribution in [0.4, 0.5) is 0 Å². The molecule has 6 nitrogen and oxygen atoms in total. The van der Waals surface area contributed by atoms with Gasteiger partial charge in [-0.3, -0.25) is 10.0 Å². The first-order valence-electron chi connectivity index (χ1n) is 5.58. The highest BCUT2D eigenvalue weighted by molar-refractivity contribution is 7.89. The predicted molar refractivity (Wildman–Crippen MR) is 63.3 cm³/mol. The molecule has 1 aromatic carbocycles. The summed E-state index contributed by atoms with van der Waals surface area (Å²) in [6.45, 7) is 0.287. The van der Waals surface area contributed by atoms with E-state index in [4.69, 9.17) is 5.21 Å². The summed E-state index contributed by atoms with van der Waals surface area (Å²) in [5.41, 5.74) is 1.52. The van der Waals surface area contributed by atoms with Crippen molar-refractivity contribution in [1.29, 1.82) is 0 Å². The molecular formula is C11H14N2O4S. The molecule has 18 heavy (non-hydrogen) atoms. The number of nitrogens with one attached hydrogen (secondary N) is 1. The highest BCUT2D eigenvalue weighted by atomic mass is 32.2. The van der Waals surface area contributed by atoms with Crippen LogP contribution in [0.3, 0.4) is 0 Å². The lowest BCUT2D eigenvalue weighted by Crippen LogP contribution is -2.44. The van der Waals surface area contributed by atoms with Crippen molar-refractivity contribution in [2.45, 2.75) is 23.8 Å². The molecule has 0 aliphatic carbocycles. The molecule has 1 aliphatic rings. The quantitative estimate of drug-likeness (QED) is 0.612. The van der Waals surface area contributed by atoms with Gasteiger partial charge in [0.2, 0.25) is 10.0 Å². The summed E-state index contributed by atoms with van der Waals surface area (Å²) in [5.74, 6) is -0.688. The van der Waals surface area contributed by atoms with Gasteiger partial charge in [-0.25, -0.2) is 13.9 Å². The Morgan fingerprint density at radius 3 is 2.61 bits per heavy atom. The first-order valence-corrected chi connectivity index (χ1v) is 7.02. The Balaban J connectivity index is 2.33. The van der Waals surface area contributed by atoms with E-state index in [9.17, 15) is 13.2 Å². The largest absolute Gasteiger partial charge is 0.289 e. The second kappa shape index (κ2) is 5.05. The Morgan fingerprint density at radius 1 is 1.33 bits per heavy atom. The minimum atomic E-state index is -3.68. The number of benzene rings is 1. The molecule has 0 aromatic heterocycles. The highest BCUT2D eigenvalue weighted by Crippen LogP contribution is 2.25. The van der Waals surface area contributed by atoms with E-state index in [0.29, 0.717) is 12.8 Å². The van der Waals surface area contributed by atoms with Crippen molar-refractivity contribution in [3.63, 3.8) is 0 Å². The molecule has 1 saturated heterocycles. The number of rotatable bonds is 3. The van der Waals surface area contributed by atoms with E-state index in [1.54, 1.807) is 18.2 Å². The van der Waals surface area contributed by atoms with Crippen LogP contribution in [0, 0.1) is 0 Å². The van der Waals surface area contributed by atoms with E-state index in [1.807, 2.05) is 0 Å². The van der Waals surface area contributed by atoms with Crippen molar-refractivity contribution in [3.05, 3.63) is 30.3 Å². The lowest BCUT2D eigenvalue weighted by atomic mass is 10.2. The second-order valence-corrected chi connectivity index (χ2v) is 5.95. The SMILES string of the molecule is O=C(NO)[C@H]1CCCN1S(=O)(=O)c1ccccc1. The third kappa shape index (κ3) is 2.24. The molecule has 1 amide bonds. The zero-order valence-corrected chi connectivity index (χ0v) is 10.4. The lowest BCUT2D eigenvalue weighted by Gasteiger charge is -2.22. The zero-order chi connectivity index (χ0) is 13.2. The molecule has 1 fully saturated rings. The fraction of sp³-hybridized carbons (Fsp3) is 0.364. The summed E-state index contributed by atoms with van der Waals surface area (Å²) in [6, 6.07) is 7.12. The Hall–Kier alpha value is -1.44. The second-order valence-electron chi connectivity index (χ2n) is 4.06. The Kier molecular flexibility index (Phi) is 3.65. The van der Waals surface area contributed by atoms with Gasteiger partial charge >= 0.3 is 0 Å². The maximum Gasteiger partial charge on any atom is 0.261 e. The van der Waals surface area contributed by atoms with E-state index in [1.165, 1.54) is 17.6 Å². The van der Waals surface area contributed by atoms with Crippen molar-refractivity contribution < 1.29 is 18.4 Å². The topological polar surface area (TPSA) is 86.7 Å². The predicted octanol–water partition coefficient (Wildman–Crippen LogP) is 0.345. The molecule has 0 unspecified atom stereocenters. The molecule has 7 heteroatoms. The highest BCUT2D eigenvalue weighted by Gasteiger charge is 2.39. The van der Waals surface area contributed by atoms with Gasteiger partial charge in [-0.2, -0.15) is 4.31 Å². The zero-order valence-electron chi connectivity index (χ0n) is 9.61. The number of hydrogen-bond acceptors (Lipinski definition) is 4. The number of hydroxylamine groups is 1. The molecule has 1 atom stereocenters. The molecule has 2 rings (SSSR count). The van der Waals surface area contributed by atoms with Crippen molar-refractivity contribution >= 4 is 15.9 Å². The van der Waals surface area contributed by atoms with Crippen LogP contribution in [0.1, 0.15) is 12.8 Å². The van der Waals surface area contributed by atoms with E-state index < -0.39 is 22.0 Å². The van der Waals surface area contributed by atoms with E-state index >= 15 is 0 Å². The van der Waals surface area contributed by atoms with Crippen molar-refractivity contribution in [2.24, 2.45) is 0 Å². The van der Waals surface area contributed by atoms with Gasteiger partial charge < -0.3 is 0 Å². The maximum absolute atomic E-state index is 12.3. The molecule has 1 aliphatic heterocycles. The average molecular weight is 270 g/mol. The molecule has 0 spiro atoms. The van der Waals surface area contributed by atoms with Crippen LogP contribution in [-0.4, -0.2) is 36.4 Å². The number of amides is 1. The summed E-state index contributed by atoms with van der Waals surface area (Å²) >= 11 is 0. The average Bonchev–Trinajstić information content (AvgIpc) is 2.89. The third-order valence-corrected chi connectivity index (χ3v) is 4.89. The standard InChI is InChI=1S/C11H14N2O4S/c14-11(12-15)10-7-4-8-13(10)18(16,17)9-5-2-1-3-6-9/h1-3,5-6,10,15H,4,7-8H2,(H,12,14)/t10-/m1/s1. The Labute approximate surface area is 105 Å². The van der Waals surface area contributed by atoms with E-state index in [0.717, 1.165) is 4.31 Å². The van der Waals surface area contributed by atoms with Crippen LogP contribution in [-0.2, 0) is 14.8 Å².